The molecule has 0 unspecified atom stereocenters. The first-order valence-electron chi connectivity index (χ1n) is 4.72. The highest BCUT2D eigenvalue weighted by Crippen LogP contribution is 2.19. The Balaban J connectivity index is 2.36. The largest absolute Gasteiger partial charge is 0.509 e. The Morgan fingerprint density at radius 1 is 1.27 bits per heavy atom. The van der Waals surface area contributed by atoms with Crippen molar-refractivity contribution in [1.29, 1.82) is 0 Å². The Kier molecular flexibility index (Phi) is 2.60. The van der Waals surface area contributed by atoms with Crippen molar-refractivity contribution in [2.24, 2.45) is 0 Å². The van der Waals surface area contributed by atoms with Gasteiger partial charge in [-0.25, -0.2) is 0 Å². The van der Waals surface area contributed by atoms with Gasteiger partial charge in [-0.05, 0) is 11.6 Å². The molecule has 0 saturated heterocycles. The molecule has 0 fully saturated rings. The Morgan fingerprint density at radius 3 is 2.80 bits per heavy atom. The standard InChI is InChI=1S/C9H10BF3NO/c11-10(12,13)8-1-2-9-7(5-8)6-15-4-3-14-9/h1-2,5,14H,3-4,6H2/q-1. The third kappa shape index (κ3) is 2.26. The highest BCUT2D eigenvalue weighted by atomic mass is 19.4. The Morgan fingerprint density at radius 2 is 2.07 bits per heavy atom. The second-order valence-corrected chi connectivity index (χ2v) is 3.47. The quantitative estimate of drug-likeness (QED) is 0.721. The lowest BCUT2D eigenvalue weighted by Crippen LogP contribution is -2.34. The van der Waals surface area contributed by atoms with Crippen LogP contribution in [-0.2, 0) is 11.3 Å². The fourth-order valence-electron chi connectivity index (χ4n) is 1.55. The predicted octanol–water partition coefficient (Wildman–Crippen LogP) is 1.68. The van der Waals surface area contributed by atoms with Crippen molar-refractivity contribution in [3.05, 3.63) is 23.8 Å². The molecule has 0 amide bonds. The summed E-state index contributed by atoms with van der Waals surface area (Å²) in [7, 11) is 0. The van der Waals surface area contributed by atoms with Crippen molar-refractivity contribution in [2.75, 3.05) is 18.5 Å². The van der Waals surface area contributed by atoms with Crippen LogP contribution >= 0.6 is 0 Å². The smallest absolute Gasteiger partial charge is 0.445 e. The first kappa shape index (κ1) is 10.4. The molecule has 1 aromatic carbocycles. The highest BCUT2D eigenvalue weighted by molar-refractivity contribution is 6.73. The molecule has 15 heavy (non-hydrogen) atoms. The summed E-state index contributed by atoms with van der Waals surface area (Å²) in [6.07, 6.45) is 0. The van der Waals surface area contributed by atoms with Crippen LogP contribution in [0.2, 0.25) is 0 Å². The van der Waals surface area contributed by atoms with Crippen LogP contribution in [0.15, 0.2) is 18.2 Å². The fourth-order valence-corrected chi connectivity index (χ4v) is 1.55. The van der Waals surface area contributed by atoms with E-state index in [2.05, 4.69) is 5.32 Å². The second kappa shape index (κ2) is 3.77. The lowest BCUT2D eigenvalue weighted by molar-refractivity contribution is 0.135. The average molecular weight is 216 g/mol. The van der Waals surface area contributed by atoms with Gasteiger partial charge in [0.25, 0.3) is 0 Å². The molecule has 2 rings (SSSR count). The molecule has 0 radical (unpaired) electrons. The van der Waals surface area contributed by atoms with Gasteiger partial charge >= 0.3 is 6.98 Å². The number of halogens is 3. The zero-order valence-corrected chi connectivity index (χ0v) is 7.97. The van der Waals surface area contributed by atoms with Gasteiger partial charge in [0, 0.05) is 12.2 Å². The van der Waals surface area contributed by atoms with Crippen LogP contribution in [0.25, 0.3) is 0 Å². The molecule has 1 aliphatic heterocycles. The molecule has 0 aliphatic carbocycles. The van der Waals surface area contributed by atoms with Crippen molar-refractivity contribution in [1.82, 2.24) is 0 Å². The van der Waals surface area contributed by atoms with Crippen LogP contribution in [-0.4, -0.2) is 20.1 Å². The van der Waals surface area contributed by atoms with Gasteiger partial charge < -0.3 is 23.0 Å². The molecule has 6 heteroatoms. The Hall–Kier alpha value is -1.17. The van der Waals surface area contributed by atoms with E-state index in [4.69, 9.17) is 4.74 Å². The number of anilines is 1. The van der Waals surface area contributed by atoms with Crippen LogP contribution in [0, 0.1) is 0 Å². The maximum Gasteiger partial charge on any atom is 0.509 e. The molecule has 1 N–H and O–H groups in total. The maximum atomic E-state index is 12.5. The first-order chi connectivity index (χ1) is 7.07. The van der Waals surface area contributed by atoms with E-state index in [0.717, 1.165) is 17.8 Å². The van der Waals surface area contributed by atoms with Crippen molar-refractivity contribution in [3.8, 4) is 0 Å². The Labute approximate surface area is 85.5 Å². The molecule has 0 aromatic heterocycles. The molecule has 1 heterocycles. The average Bonchev–Trinajstić information content (AvgIpc) is 2.39. The summed E-state index contributed by atoms with van der Waals surface area (Å²) in [6, 6.07) is 3.74. The normalized spacial score (nSPS) is 16.5. The number of benzene rings is 1. The summed E-state index contributed by atoms with van der Waals surface area (Å²) in [5.74, 6) is 0. The third-order valence-corrected chi connectivity index (χ3v) is 2.33. The third-order valence-electron chi connectivity index (χ3n) is 2.33. The molecule has 1 aromatic rings. The van der Waals surface area contributed by atoms with Crippen LogP contribution < -0.4 is 10.8 Å². The molecule has 0 bridgehead atoms. The number of hydrogen-bond acceptors (Lipinski definition) is 2. The van der Waals surface area contributed by atoms with Crippen molar-refractivity contribution < 1.29 is 17.7 Å². The van der Waals surface area contributed by atoms with Crippen LogP contribution in [0.1, 0.15) is 5.56 Å². The number of nitrogens with one attached hydrogen (secondary N) is 1. The molecule has 0 atom stereocenters. The lowest BCUT2D eigenvalue weighted by atomic mass is 9.79. The van der Waals surface area contributed by atoms with E-state index in [1.807, 2.05) is 0 Å². The molecule has 0 spiro atoms. The van der Waals surface area contributed by atoms with Gasteiger partial charge in [0.1, 0.15) is 0 Å². The zero-order valence-electron chi connectivity index (χ0n) is 7.97. The molecule has 2 nitrogen and oxygen atoms in total. The molecule has 82 valence electrons. The predicted molar refractivity (Wildman–Crippen MR) is 53.3 cm³/mol. The molecule has 0 saturated carbocycles. The van der Waals surface area contributed by atoms with Crippen LogP contribution in [0.4, 0.5) is 18.6 Å². The molecular formula is C9H10BF3NO-. The van der Waals surface area contributed by atoms with Crippen molar-refractivity contribution in [3.63, 3.8) is 0 Å². The fraction of sp³-hybridized carbons (Fsp3) is 0.333. The topological polar surface area (TPSA) is 21.3 Å². The highest BCUT2D eigenvalue weighted by Gasteiger charge is 2.26. The van der Waals surface area contributed by atoms with Gasteiger partial charge in [-0.1, -0.05) is 12.1 Å². The summed E-state index contributed by atoms with van der Waals surface area (Å²) in [4.78, 5) is 0. The summed E-state index contributed by atoms with van der Waals surface area (Å²) >= 11 is 0. The SMILES string of the molecule is F[B-](F)(F)c1ccc2c(c1)COCCN2. The number of rotatable bonds is 1. The van der Waals surface area contributed by atoms with Gasteiger partial charge in [-0.15, -0.1) is 5.46 Å². The van der Waals surface area contributed by atoms with Crippen LogP contribution in [0.5, 0.6) is 0 Å². The van der Waals surface area contributed by atoms with Gasteiger partial charge in [0.05, 0.1) is 13.2 Å². The summed E-state index contributed by atoms with van der Waals surface area (Å²) in [5.41, 5.74) is 0.738. The van der Waals surface area contributed by atoms with Crippen molar-refractivity contribution in [2.45, 2.75) is 6.61 Å². The van der Waals surface area contributed by atoms with E-state index in [1.165, 1.54) is 6.07 Å². The molecular weight excluding hydrogens is 206 g/mol. The van der Waals surface area contributed by atoms with Gasteiger partial charge in [-0.2, -0.15) is 0 Å². The van der Waals surface area contributed by atoms with Crippen molar-refractivity contribution >= 4 is 18.1 Å². The number of ether oxygens (including phenoxy) is 1. The zero-order chi connectivity index (χ0) is 10.9. The van der Waals surface area contributed by atoms with Gasteiger partial charge in [0.15, 0.2) is 0 Å². The maximum absolute atomic E-state index is 12.5. The number of hydrogen-bond donors (Lipinski definition) is 1. The monoisotopic (exact) mass is 216 g/mol. The van der Waals surface area contributed by atoms with E-state index >= 15 is 0 Å². The summed E-state index contributed by atoms with van der Waals surface area (Å²) < 4.78 is 42.5. The molecule has 1 aliphatic rings. The summed E-state index contributed by atoms with van der Waals surface area (Å²) in [6.45, 7) is -3.54. The summed E-state index contributed by atoms with van der Waals surface area (Å²) in [5, 5.41) is 3.02. The van der Waals surface area contributed by atoms with E-state index in [1.54, 1.807) is 0 Å². The van der Waals surface area contributed by atoms with Crippen LogP contribution in [0.3, 0.4) is 0 Å². The van der Waals surface area contributed by atoms with Gasteiger partial charge in [-0.3, -0.25) is 0 Å². The van der Waals surface area contributed by atoms with E-state index in [9.17, 15) is 12.9 Å². The van der Waals surface area contributed by atoms with E-state index in [0.29, 0.717) is 18.7 Å². The minimum absolute atomic E-state index is 0.238. The van der Waals surface area contributed by atoms with E-state index < -0.39 is 12.4 Å². The Bertz CT molecular complexity index is 367. The van der Waals surface area contributed by atoms with E-state index in [-0.39, 0.29) is 6.61 Å². The lowest BCUT2D eigenvalue weighted by Gasteiger charge is -2.17. The number of fused-ring (bicyclic) bond motifs is 1. The minimum Gasteiger partial charge on any atom is -0.445 e. The second-order valence-electron chi connectivity index (χ2n) is 3.47. The minimum atomic E-state index is -4.92. The van der Waals surface area contributed by atoms with Gasteiger partial charge in [0.2, 0.25) is 0 Å². The first-order valence-corrected chi connectivity index (χ1v) is 4.72.